The van der Waals surface area contributed by atoms with Crippen molar-refractivity contribution in [1.82, 2.24) is 0 Å². The molecule has 0 bridgehead atoms. The maximum atomic E-state index is 13.5. The molecule has 2 aliphatic rings. The maximum Gasteiger partial charge on any atom is 0.200 e. The lowest BCUT2D eigenvalue weighted by molar-refractivity contribution is -0.132. The Morgan fingerprint density at radius 3 is 1.66 bits per heavy atom. The monoisotopic (exact) mass is 564 g/mol. The minimum atomic E-state index is -1.29. The molecule has 2 atom stereocenters. The van der Waals surface area contributed by atoms with Crippen LogP contribution >= 0.6 is 0 Å². The number of allylic oxidation sites excluding steroid dienone is 2. The van der Waals surface area contributed by atoms with Crippen LogP contribution in [0.2, 0.25) is 0 Å². The second kappa shape index (κ2) is 13.8. The van der Waals surface area contributed by atoms with E-state index in [-0.39, 0.29) is 24.1 Å². The van der Waals surface area contributed by atoms with E-state index in [2.05, 4.69) is 6.58 Å². The fraction of sp³-hybridized carbons (Fsp3) is 0.455. The van der Waals surface area contributed by atoms with E-state index in [1.54, 1.807) is 40.2 Å². The number of hydrogen-bond acceptors (Lipinski definition) is 8. The molecule has 8 nitrogen and oxygen atoms in total. The van der Waals surface area contributed by atoms with Gasteiger partial charge in [0.2, 0.25) is 0 Å². The van der Waals surface area contributed by atoms with Crippen LogP contribution in [0.4, 0.5) is 0 Å². The molecule has 220 valence electrons. The summed E-state index contributed by atoms with van der Waals surface area (Å²) in [5, 5.41) is 0. The molecule has 0 aliphatic carbocycles. The number of ether oxygens (including phenoxy) is 6. The minimum absolute atomic E-state index is 0.337. The van der Waals surface area contributed by atoms with Gasteiger partial charge in [0.15, 0.2) is 47.1 Å². The summed E-state index contributed by atoms with van der Waals surface area (Å²) >= 11 is 0. The number of carbonyl (C=O) groups excluding carboxylic acids is 2. The van der Waals surface area contributed by atoms with Gasteiger partial charge in [0.25, 0.3) is 0 Å². The van der Waals surface area contributed by atoms with Crippen LogP contribution in [0.1, 0.15) is 63.5 Å². The molecule has 2 saturated heterocycles. The Bertz CT molecular complexity index is 1190. The molecule has 41 heavy (non-hydrogen) atoms. The van der Waals surface area contributed by atoms with Crippen LogP contribution in [0, 0.1) is 5.41 Å². The topological polar surface area (TPSA) is 89.5 Å². The van der Waals surface area contributed by atoms with Crippen LogP contribution in [-0.2, 0) is 19.1 Å². The lowest BCUT2D eigenvalue weighted by Gasteiger charge is -2.25. The Kier molecular flexibility index (Phi) is 10.2. The summed E-state index contributed by atoms with van der Waals surface area (Å²) in [6.45, 7) is 8.07. The van der Waals surface area contributed by atoms with Gasteiger partial charge in [-0.1, -0.05) is 18.7 Å². The molecule has 2 fully saturated rings. The number of benzene rings is 2. The number of carbonyl (C=O) groups is 2. The zero-order valence-electron chi connectivity index (χ0n) is 24.4. The predicted molar refractivity (Wildman–Crippen MR) is 155 cm³/mol. The van der Waals surface area contributed by atoms with E-state index in [1.165, 1.54) is 12.2 Å². The van der Waals surface area contributed by atoms with Crippen LogP contribution in [0.5, 0.6) is 23.0 Å². The lowest BCUT2D eigenvalue weighted by Crippen LogP contribution is -2.31. The molecular formula is C33H40O8. The number of methoxy groups -OCH3 is 2. The van der Waals surface area contributed by atoms with Crippen LogP contribution in [0.3, 0.4) is 0 Å². The Morgan fingerprint density at radius 2 is 1.27 bits per heavy atom. The molecule has 0 N–H and O–H groups in total. The smallest absolute Gasteiger partial charge is 0.200 e. The molecule has 0 spiro atoms. The Balaban J connectivity index is 1.73. The third-order valence-electron chi connectivity index (χ3n) is 7.43. The van der Waals surface area contributed by atoms with E-state index < -0.39 is 5.41 Å². The van der Waals surface area contributed by atoms with E-state index in [0.29, 0.717) is 52.9 Å². The highest BCUT2D eigenvalue weighted by Gasteiger charge is 2.33. The molecule has 0 saturated carbocycles. The van der Waals surface area contributed by atoms with Crippen molar-refractivity contribution in [3.63, 3.8) is 0 Å². The Labute approximate surface area is 242 Å². The molecule has 2 heterocycles. The maximum absolute atomic E-state index is 13.5. The van der Waals surface area contributed by atoms with Gasteiger partial charge in [0.05, 0.1) is 32.8 Å². The third-order valence-corrected chi connectivity index (χ3v) is 7.43. The molecule has 4 rings (SSSR count). The first-order valence-electron chi connectivity index (χ1n) is 14.1. The molecule has 2 aromatic carbocycles. The van der Waals surface area contributed by atoms with Gasteiger partial charge in [-0.3, -0.25) is 9.59 Å². The summed E-state index contributed by atoms with van der Waals surface area (Å²) in [5.41, 5.74) is 0.683. The molecule has 2 aliphatic heterocycles. The van der Waals surface area contributed by atoms with Crippen molar-refractivity contribution in [1.29, 1.82) is 0 Å². The van der Waals surface area contributed by atoms with Gasteiger partial charge >= 0.3 is 0 Å². The van der Waals surface area contributed by atoms with Gasteiger partial charge in [-0.25, -0.2) is 0 Å². The first-order valence-corrected chi connectivity index (χ1v) is 14.1. The normalized spacial score (nSPS) is 19.0. The standard InChI is InChI=1S/C33H40O8/c1-6-29(34)33(2,3)30(35)21-24(22-13-15-25(27(19-22)36-4)40-31-11-7-9-17-38-31)23-14-16-26(28(20-23)37-5)41-32-12-8-10-18-39-32/h6,13-16,19-21,31-32H,1,7-12,17-18H2,2-5H3. The highest BCUT2D eigenvalue weighted by atomic mass is 16.7. The molecular weight excluding hydrogens is 524 g/mol. The van der Waals surface area contributed by atoms with Crippen LogP contribution in [-0.4, -0.2) is 51.6 Å². The van der Waals surface area contributed by atoms with Crippen molar-refractivity contribution in [2.24, 2.45) is 5.41 Å². The Hall–Kier alpha value is -3.62. The van der Waals surface area contributed by atoms with Gasteiger partial charge in [0, 0.05) is 12.8 Å². The molecule has 0 radical (unpaired) electrons. The first kappa shape index (κ1) is 30.3. The van der Waals surface area contributed by atoms with Crippen molar-refractivity contribution < 1.29 is 38.0 Å². The van der Waals surface area contributed by atoms with E-state index in [4.69, 9.17) is 28.4 Å². The number of rotatable bonds is 12. The summed E-state index contributed by atoms with van der Waals surface area (Å²) in [7, 11) is 3.13. The van der Waals surface area contributed by atoms with Gasteiger partial charge in [0.1, 0.15) is 0 Å². The highest BCUT2D eigenvalue weighted by molar-refractivity contribution is 6.17. The second-order valence-electron chi connectivity index (χ2n) is 10.7. The average molecular weight is 565 g/mol. The van der Waals surface area contributed by atoms with Crippen LogP contribution < -0.4 is 18.9 Å². The highest BCUT2D eigenvalue weighted by Crippen LogP contribution is 2.38. The average Bonchev–Trinajstić information content (AvgIpc) is 3.00. The van der Waals surface area contributed by atoms with Gasteiger partial charge < -0.3 is 28.4 Å². The quantitative estimate of drug-likeness (QED) is 0.219. The van der Waals surface area contributed by atoms with Crippen LogP contribution in [0.25, 0.3) is 5.57 Å². The molecule has 0 amide bonds. The van der Waals surface area contributed by atoms with Crippen molar-refractivity contribution in [2.75, 3.05) is 27.4 Å². The van der Waals surface area contributed by atoms with Gasteiger partial charge in [-0.15, -0.1) is 0 Å². The molecule has 2 unspecified atom stereocenters. The van der Waals surface area contributed by atoms with Crippen molar-refractivity contribution in [2.45, 2.75) is 65.0 Å². The number of hydrogen-bond donors (Lipinski definition) is 0. The zero-order chi connectivity index (χ0) is 29.4. The predicted octanol–water partition coefficient (Wildman–Crippen LogP) is 6.30. The SMILES string of the molecule is C=CC(=O)C(C)(C)C(=O)C=C(c1ccc(OC2CCCCO2)c(OC)c1)c1ccc(OC2CCCCO2)c(OC)c1. The van der Waals surface area contributed by atoms with Gasteiger partial charge in [-0.05, 0) is 92.6 Å². The molecule has 0 aromatic heterocycles. The summed E-state index contributed by atoms with van der Waals surface area (Å²) in [5.74, 6) is 1.37. The fourth-order valence-electron chi connectivity index (χ4n) is 4.78. The van der Waals surface area contributed by atoms with E-state index in [1.807, 2.05) is 24.3 Å². The second-order valence-corrected chi connectivity index (χ2v) is 10.7. The van der Waals surface area contributed by atoms with Crippen molar-refractivity contribution in [3.05, 3.63) is 66.3 Å². The minimum Gasteiger partial charge on any atom is -0.493 e. The number of ketones is 2. The first-order chi connectivity index (χ1) is 19.8. The van der Waals surface area contributed by atoms with E-state index in [9.17, 15) is 9.59 Å². The zero-order valence-corrected chi connectivity index (χ0v) is 24.4. The summed E-state index contributed by atoms with van der Waals surface area (Å²) in [6.07, 6.45) is 7.70. The summed E-state index contributed by atoms with van der Waals surface area (Å²) in [4.78, 5) is 26.0. The lowest BCUT2D eigenvalue weighted by atomic mass is 9.81. The molecule has 8 heteroatoms. The third kappa shape index (κ3) is 7.37. The fourth-order valence-corrected chi connectivity index (χ4v) is 4.78. The Morgan fingerprint density at radius 1 is 0.780 bits per heavy atom. The largest absolute Gasteiger partial charge is 0.493 e. The van der Waals surface area contributed by atoms with Crippen molar-refractivity contribution in [3.8, 4) is 23.0 Å². The van der Waals surface area contributed by atoms with E-state index in [0.717, 1.165) is 38.5 Å². The van der Waals surface area contributed by atoms with Crippen LogP contribution in [0.15, 0.2) is 55.1 Å². The summed E-state index contributed by atoms with van der Waals surface area (Å²) < 4.78 is 35.0. The summed E-state index contributed by atoms with van der Waals surface area (Å²) in [6, 6.07) is 10.9. The molecule has 2 aromatic rings. The van der Waals surface area contributed by atoms with E-state index >= 15 is 0 Å². The van der Waals surface area contributed by atoms with Crippen molar-refractivity contribution >= 4 is 17.1 Å². The van der Waals surface area contributed by atoms with Gasteiger partial charge in [-0.2, -0.15) is 0 Å².